The van der Waals surface area contributed by atoms with E-state index in [9.17, 15) is 15.3 Å². The Morgan fingerprint density at radius 1 is 1.10 bits per heavy atom. The number of nitrogens with zero attached hydrogens (tertiary/aromatic N) is 3. The Morgan fingerprint density at radius 2 is 1.74 bits per heavy atom. The Balaban J connectivity index is 0.00000166. The number of nitrogens with two attached hydrogens (primary N) is 1. The van der Waals surface area contributed by atoms with Gasteiger partial charge in [0, 0.05) is 11.8 Å². The molecule has 0 fully saturated rings. The van der Waals surface area contributed by atoms with Crippen LogP contribution in [0.1, 0.15) is 33.9 Å². The monoisotopic (exact) mass is 432 g/mol. The van der Waals surface area contributed by atoms with Gasteiger partial charge in [0.15, 0.2) is 0 Å². The number of nitrogen functional groups attached to an aromatic ring is 1. The predicted molar refractivity (Wildman–Crippen MR) is 120 cm³/mol. The molecule has 0 aliphatic heterocycles. The van der Waals surface area contributed by atoms with Crippen molar-refractivity contribution in [3.8, 4) is 16.9 Å². The molecule has 3 aromatic rings. The van der Waals surface area contributed by atoms with Crippen molar-refractivity contribution in [1.29, 1.82) is 0 Å². The van der Waals surface area contributed by atoms with E-state index < -0.39 is 31.1 Å². The topological polar surface area (TPSA) is 136 Å². The zero-order chi connectivity index (χ0) is 23.1. The molecule has 2 heterocycles. The van der Waals surface area contributed by atoms with Crippen molar-refractivity contribution >= 4 is 16.9 Å². The molecule has 0 radical (unpaired) electrons. The van der Waals surface area contributed by atoms with Gasteiger partial charge in [0.2, 0.25) is 0 Å². The normalized spacial score (nSPS) is 15.0. The summed E-state index contributed by atoms with van der Waals surface area (Å²) in [6.45, 7) is 6.74. The lowest BCUT2D eigenvalue weighted by atomic mass is 10.1. The number of benzene rings is 1. The van der Waals surface area contributed by atoms with Gasteiger partial charge < -0.3 is 35.1 Å². The third kappa shape index (κ3) is 5.31. The third-order valence-corrected chi connectivity index (χ3v) is 4.86. The molecule has 0 amide bonds. The Kier molecular flexibility index (Phi) is 8.76. The van der Waals surface area contributed by atoms with Crippen molar-refractivity contribution in [3.63, 3.8) is 0 Å². The van der Waals surface area contributed by atoms with Gasteiger partial charge in [-0.1, -0.05) is 26.0 Å². The Morgan fingerprint density at radius 3 is 2.29 bits per heavy atom. The van der Waals surface area contributed by atoms with Crippen molar-refractivity contribution in [1.82, 2.24) is 14.5 Å². The van der Waals surface area contributed by atoms with Crippen LogP contribution in [0.2, 0.25) is 0 Å². The Bertz CT molecular complexity index is 958. The summed E-state index contributed by atoms with van der Waals surface area (Å²) >= 11 is 0. The van der Waals surface area contributed by atoms with Gasteiger partial charge in [-0.15, -0.1) is 0 Å². The molecule has 0 spiro atoms. The van der Waals surface area contributed by atoms with Crippen molar-refractivity contribution in [2.24, 2.45) is 0 Å². The highest BCUT2D eigenvalue weighted by atomic mass is 16.5. The molecule has 0 saturated carbocycles. The van der Waals surface area contributed by atoms with Gasteiger partial charge >= 0.3 is 0 Å². The highest BCUT2D eigenvalue weighted by molar-refractivity contribution is 6.00. The second-order valence-corrected chi connectivity index (χ2v) is 6.82. The average Bonchev–Trinajstić information content (AvgIpc) is 3.19. The van der Waals surface area contributed by atoms with Gasteiger partial charge in [-0.3, -0.25) is 0 Å². The van der Waals surface area contributed by atoms with E-state index >= 15 is 0 Å². The number of aliphatic hydroxyl groups excluding tert-OH is 3. The second kappa shape index (κ2) is 11.1. The third-order valence-electron chi connectivity index (χ3n) is 4.86. The smallest absolute Gasteiger partial charge is 0.148 e. The summed E-state index contributed by atoms with van der Waals surface area (Å²) < 4.78 is 12.8. The van der Waals surface area contributed by atoms with Gasteiger partial charge in [-0.25, -0.2) is 9.97 Å². The maximum atomic E-state index is 10.1. The zero-order valence-electron chi connectivity index (χ0n) is 18.6. The lowest BCUT2D eigenvalue weighted by molar-refractivity contribution is -0.140. The summed E-state index contributed by atoms with van der Waals surface area (Å²) in [5, 5.41) is 29.9. The highest BCUT2D eigenvalue weighted by Crippen LogP contribution is 2.35. The summed E-state index contributed by atoms with van der Waals surface area (Å²) in [6.07, 6.45) is -0.646. The first-order valence-electron chi connectivity index (χ1n) is 10.2. The summed E-state index contributed by atoms with van der Waals surface area (Å²) in [7, 11) is 1.60. The molecule has 4 atom stereocenters. The van der Waals surface area contributed by atoms with E-state index in [1.54, 1.807) is 18.6 Å². The molecule has 2 aromatic heterocycles. The van der Waals surface area contributed by atoms with Crippen molar-refractivity contribution in [2.45, 2.75) is 52.2 Å². The molecule has 9 nitrogen and oxygen atoms in total. The molecule has 4 unspecified atom stereocenters. The molecule has 170 valence electrons. The van der Waals surface area contributed by atoms with E-state index in [-0.39, 0.29) is 0 Å². The average molecular weight is 433 g/mol. The van der Waals surface area contributed by atoms with Crippen LogP contribution >= 0.6 is 0 Å². The van der Waals surface area contributed by atoms with Gasteiger partial charge in [-0.05, 0) is 31.5 Å². The molecule has 3 rings (SSSR count). The first kappa shape index (κ1) is 24.5. The van der Waals surface area contributed by atoms with Crippen molar-refractivity contribution < 1.29 is 24.8 Å². The molecule has 1 aromatic carbocycles. The van der Waals surface area contributed by atoms with Gasteiger partial charge in [0.05, 0.1) is 25.2 Å². The summed E-state index contributed by atoms with van der Waals surface area (Å²) in [6, 6.07) is 7.51. The number of rotatable bonds is 8. The maximum Gasteiger partial charge on any atom is 0.148 e. The molecule has 0 saturated heterocycles. The first-order valence-corrected chi connectivity index (χ1v) is 10.2. The van der Waals surface area contributed by atoms with Crippen LogP contribution in [-0.4, -0.2) is 61.9 Å². The molecular weight excluding hydrogens is 400 g/mol. The first-order chi connectivity index (χ1) is 14.9. The van der Waals surface area contributed by atoms with Crippen LogP contribution in [0.3, 0.4) is 0 Å². The van der Waals surface area contributed by atoms with E-state index in [1.807, 2.05) is 44.3 Å². The number of anilines is 1. The van der Waals surface area contributed by atoms with Crippen LogP contribution < -0.4 is 10.5 Å². The molecule has 31 heavy (non-hydrogen) atoms. The number of hydrogen-bond donors (Lipinski definition) is 4. The molecule has 0 aliphatic carbocycles. The van der Waals surface area contributed by atoms with E-state index in [0.29, 0.717) is 16.9 Å². The lowest BCUT2D eigenvalue weighted by Gasteiger charge is -2.27. The second-order valence-electron chi connectivity index (χ2n) is 6.82. The van der Waals surface area contributed by atoms with Crippen LogP contribution in [0.15, 0.2) is 36.8 Å². The fraction of sp³-hybridized carbons (Fsp3) is 0.455. The number of ether oxygens (including phenoxy) is 2. The van der Waals surface area contributed by atoms with Crippen LogP contribution in [-0.2, 0) is 4.74 Å². The maximum absolute atomic E-state index is 10.1. The summed E-state index contributed by atoms with van der Waals surface area (Å²) in [5.74, 6) is 1.06. The van der Waals surface area contributed by atoms with E-state index in [4.69, 9.17) is 15.2 Å². The fourth-order valence-electron chi connectivity index (χ4n) is 3.24. The molecule has 5 N–H and O–H groups in total. The zero-order valence-corrected chi connectivity index (χ0v) is 18.6. The van der Waals surface area contributed by atoms with Crippen LogP contribution in [0.4, 0.5) is 5.82 Å². The molecular formula is C22H32N4O5. The summed E-state index contributed by atoms with van der Waals surface area (Å²) in [4.78, 5) is 8.45. The van der Waals surface area contributed by atoms with Crippen LogP contribution in [0.25, 0.3) is 22.2 Å². The van der Waals surface area contributed by atoms with E-state index in [1.165, 1.54) is 13.3 Å². The largest absolute Gasteiger partial charge is 0.497 e. The Hall–Kier alpha value is -2.72. The van der Waals surface area contributed by atoms with E-state index in [2.05, 4.69) is 9.97 Å². The minimum absolute atomic E-state index is 0.328. The molecule has 0 aliphatic rings. The SMILES string of the molecule is CC.COc1ccc(-c2cn(C(C)OC(CO)C(O)C(C)O)c3ncnc(N)c23)cc1. The van der Waals surface area contributed by atoms with Crippen molar-refractivity contribution in [2.75, 3.05) is 19.5 Å². The number of aromatic nitrogens is 3. The number of aliphatic hydroxyl groups is 3. The Labute approximate surface area is 182 Å². The number of fused-ring (bicyclic) bond motifs is 1. The lowest BCUT2D eigenvalue weighted by Crippen LogP contribution is -2.41. The highest BCUT2D eigenvalue weighted by Gasteiger charge is 2.27. The minimum Gasteiger partial charge on any atom is -0.497 e. The quantitative estimate of drug-likeness (QED) is 0.426. The van der Waals surface area contributed by atoms with Crippen LogP contribution in [0.5, 0.6) is 5.75 Å². The fourth-order valence-corrected chi connectivity index (χ4v) is 3.24. The van der Waals surface area contributed by atoms with Gasteiger partial charge in [-0.2, -0.15) is 0 Å². The minimum atomic E-state index is -1.23. The molecule has 9 heteroatoms. The van der Waals surface area contributed by atoms with Gasteiger partial charge in [0.1, 0.15) is 42.0 Å². The molecule has 0 bridgehead atoms. The van der Waals surface area contributed by atoms with Gasteiger partial charge in [0.25, 0.3) is 0 Å². The predicted octanol–water partition coefficient (Wildman–Crippen LogP) is 2.35. The van der Waals surface area contributed by atoms with Crippen molar-refractivity contribution in [3.05, 3.63) is 36.8 Å². The van der Waals surface area contributed by atoms with Crippen LogP contribution in [0, 0.1) is 0 Å². The number of methoxy groups -OCH3 is 1. The van der Waals surface area contributed by atoms with E-state index in [0.717, 1.165) is 16.9 Å². The summed E-state index contributed by atoms with van der Waals surface area (Å²) in [5.41, 5.74) is 8.40. The number of hydrogen-bond acceptors (Lipinski definition) is 8. The standard InChI is InChI=1S/C20H26N4O5.C2H6/c1-11(26)18(27)16(9-25)29-12(2)24-8-15(13-4-6-14(28-3)7-5-13)17-19(21)22-10-23-20(17)24;1-2/h4-8,10-12,16,18,25-27H,9H2,1-3H3,(H2,21,22,23);1-2H3.